The van der Waals surface area contributed by atoms with E-state index < -0.39 is 0 Å². The summed E-state index contributed by atoms with van der Waals surface area (Å²) < 4.78 is 5.14. The van der Waals surface area contributed by atoms with Gasteiger partial charge in [-0.05, 0) is 43.7 Å². The van der Waals surface area contributed by atoms with Gasteiger partial charge in [-0.3, -0.25) is 4.98 Å². The quantitative estimate of drug-likeness (QED) is 0.878. The van der Waals surface area contributed by atoms with Gasteiger partial charge >= 0.3 is 0 Å². The molecule has 1 aromatic heterocycles. The second-order valence-electron chi connectivity index (χ2n) is 4.79. The molecule has 0 fully saturated rings. The highest BCUT2D eigenvalue weighted by Crippen LogP contribution is 2.19. The van der Waals surface area contributed by atoms with Crippen molar-refractivity contribution in [2.75, 3.05) is 7.11 Å². The van der Waals surface area contributed by atoms with Crippen LogP contribution in [0.1, 0.15) is 29.9 Å². The lowest BCUT2D eigenvalue weighted by Gasteiger charge is -2.15. The number of ether oxygens (including phenoxy) is 1. The zero-order valence-electron chi connectivity index (χ0n) is 12.1. The van der Waals surface area contributed by atoms with E-state index in [-0.39, 0.29) is 11.8 Å². The van der Waals surface area contributed by atoms with Crippen LogP contribution in [-0.2, 0) is 6.54 Å². The summed E-state index contributed by atoms with van der Waals surface area (Å²) >= 11 is 0. The van der Waals surface area contributed by atoms with Gasteiger partial charge in [-0.2, -0.15) is 0 Å². The molecule has 106 valence electrons. The fourth-order valence-electron chi connectivity index (χ4n) is 1.99. The first-order valence-electron chi connectivity index (χ1n) is 6.63. The predicted octanol–water partition coefficient (Wildman–Crippen LogP) is 2.96. The van der Waals surface area contributed by atoms with Crippen LogP contribution in [0.25, 0.3) is 0 Å². The number of aryl methyl sites for hydroxylation is 1. The minimum atomic E-state index is 0.169. The van der Waals surface area contributed by atoms with E-state index >= 15 is 0 Å². The van der Waals surface area contributed by atoms with E-state index in [9.17, 15) is 5.11 Å². The molecule has 2 rings (SSSR count). The fraction of sp³-hybridized carbons (Fsp3) is 0.312. The van der Waals surface area contributed by atoms with Crippen LogP contribution >= 0.6 is 0 Å². The van der Waals surface area contributed by atoms with Crippen LogP contribution in [0.15, 0.2) is 36.4 Å². The van der Waals surface area contributed by atoms with Crippen LogP contribution in [0.5, 0.6) is 11.5 Å². The summed E-state index contributed by atoms with van der Waals surface area (Å²) in [5, 5.41) is 13.1. The molecule has 20 heavy (non-hydrogen) atoms. The minimum Gasteiger partial charge on any atom is -0.506 e. The Labute approximate surface area is 119 Å². The van der Waals surface area contributed by atoms with Gasteiger partial charge in [0.05, 0.1) is 12.8 Å². The SMILES string of the molecule is COc1ccc([C@H](C)NCc2nc(C)ccc2O)cc1. The van der Waals surface area contributed by atoms with E-state index in [0.29, 0.717) is 12.2 Å². The number of aromatic nitrogens is 1. The van der Waals surface area contributed by atoms with Crippen molar-refractivity contribution in [3.05, 3.63) is 53.3 Å². The molecule has 2 aromatic rings. The maximum absolute atomic E-state index is 9.77. The van der Waals surface area contributed by atoms with E-state index in [0.717, 1.165) is 17.0 Å². The molecule has 0 bridgehead atoms. The zero-order chi connectivity index (χ0) is 14.5. The molecule has 0 unspecified atom stereocenters. The third kappa shape index (κ3) is 3.48. The van der Waals surface area contributed by atoms with Crippen LogP contribution in [0.2, 0.25) is 0 Å². The molecule has 1 atom stereocenters. The van der Waals surface area contributed by atoms with Gasteiger partial charge < -0.3 is 15.2 Å². The smallest absolute Gasteiger partial charge is 0.138 e. The lowest BCUT2D eigenvalue weighted by Crippen LogP contribution is -2.19. The van der Waals surface area contributed by atoms with Gasteiger partial charge in [0.25, 0.3) is 0 Å². The van der Waals surface area contributed by atoms with Crippen LogP contribution in [-0.4, -0.2) is 17.2 Å². The molecule has 0 saturated heterocycles. The van der Waals surface area contributed by atoms with E-state index in [1.807, 2.05) is 31.2 Å². The molecule has 1 aromatic carbocycles. The maximum Gasteiger partial charge on any atom is 0.138 e. The number of rotatable bonds is 5. The first-order valence-corrected chi connectivity index (χ1v) is 6.63. The van der Waals surface area contributed by atoms with Crippen LogP contribution in [0, 0.1) is 6.92 Å². The van der Waals surface area contributed by atoms with E-state index in [1.165, 1.54) is 0 Å². The van der Waals surface area contributed by atoms with Gasteiger partial charge in [-0.15, -0.1) is 0 Å². The average Bonchev–Trinajstić information content (AvgIpc) is 2.48. The highest BCUT2D eigenvalue weighted by Gasteiger charge is 2.08. The minimum absolute atomic E-state index is 0.169. The number of hydrogen-bond acceptors (Lipinski definition) is 4. The second-order valence-corrected chi connectivity index (χ2v) is 4.79. The van der Waals surface area contributed by atoms with Crippen molar-refractivity contribution >= 4 is 0 Å². The fourth-order valence-corrected chi connectivity index (χ4v) is 1.99. The average molecular weight is 272 g/mol. The Kier molecular flexibility index (Phi) is 4.58. The Morgan fingerprint density at radius 3 is 2.55 bits per heavy atom. The van der Waals surface area contributed by atoms with Gasteiger partial charge in [0.15, 0.2) is 0 Å². The first-order chi connectivity index (χ1) is 9.60. The monoisotopic (exact) mass is 272 g/mol. The number of methoxy groups -OCH3 is 1. The number of benzene rings is 1. The largest absolute Gasteiger partial charge is 0.506 e. The molecule has 0 radical (unpaired) electrons. The normalized spacial score (nSPS) is 12.2. The number of aromatic hydroxyl groups is 1. The Morgan fingerprint density at radius 1 is 1.20 bits per heavy atom. The Morgan fingerprint density at radius 2 is 1.90 bits per heavy atom. The van der Waals surface area contributed by atoms with Gasteiger partial charge in [0.2, 0.25) is 0 Å². The summed E-state index contributed by atoms with van der Waals surface area (Å²) in [6.07, 6.45) is 0. The summed E-state index contributed by atoms with van der Waals surface area (Å²) in [5.41, 5.74) is 2.74. The molecule has 0 aliphatic heterocycles. The summed E-state index contributed by atoms with van der Waals surface area (Å²) in [7, 11) is 1.66. The third-order valence-electron chi connectivity index (χ3n) is 3.28. The molecule has 4 nitrogen and oxygen atoms in total. The van der Waals surface area contributed by atoms with Crippen molar-refractivity contribution in [1.29, 1.82) is 0 Å². The summed E-state index contributed by atoms with van der Waals surface area (Å²) in [6.45, 7) is 4.52. The summed E-state index contributed by atoms with van der Waals surface area (Å²) in [4.78, 5) is 4.33. The van der Waals surface area contributed by atoms with Crippen molar-refractivity contribution in [3.63, 3.8) is 0 Å². The molecule has 0 amide bonds. The Balaban J connectivity index is 2.00. The van der Waals surface area contributed by atoms with Crippen LogP contribution in [0.3, 0.4) is 0 Å². The van der Waals surface area contributed by atoms with Crippen molar-refractivity contribution in [2.24, 2.45) is 0 Å². The Bertz CT molecular complexity index is 567. The molecule has 0 aliphatic carbocycles. The molecular formula is C16H20N2O2. The van der Waals surface area contributed by atoms with E-state index in [2.05, 4.69) is 17.2 Å². The lowest BCUT2D eigenvalue weighted by atomic mass is 10.1. The van der Waals surface area contributed by atoms with Crippen LogP contribution < -0.4 is 10.1 Å². The molecule has 0 spiro atoms. The standard InChI is InChI=1S/C16H20N2O2/c1-11-4-9-16(19)15(18-11)10-17-12(2)13-5-7-14(20-3)8-6-13/h4-9,12,17,19H,10H2,1-3H3/t12-/m0/s1. The predicted molar refractivity (Wildman–Crippen MR) is 78.9 cm³/mol. The van der Waals surface area contributed by atoms with Gasteiger partial charge in [-0.25, -0.2) is 0 Å². The van der Waals surface area contributed by atoms with Crippen molar-refractivity contribution in [3.8, 4) is 11.5 Å². The summed E-state index contributed by atoms with van der Waals surface area (Å²) in [6, 6.07) is 11.6. The molecule has 2 N–H and O–H groups in total. The highest BCUT2D eigenvalue weighted by atomic mass is 16.5. The van der Waals surface area contributed by atoms with E-state index in [4.69, 9.17) is 4.74 Å². The highest BCUT2D eigenvalue weighted by molar-refractivity contribution is 5.30. The number of nitrogens with zero attached hydrogens (tertiary/aromatic N) is 1. The van der Waals surface area contributed by atoms with Gasteiger partial charge in [0.1, 0.15) is 11.5 Å². The number of pyridine rings is 1. The van der Waals surface area contributed by atoms with Crippen molar-refractivity contribution in [2.45, 2.75) is 26.4 Å². The maximum atomic E-state index is 9.77. The number of hydrogen-bond donors (Lipinski definition) is 2. The lowest BCUT2D eigenvalue weighted by molar-refractivity contribution is 0.414. The molecule has 0 saturated carbocycles. The molecule has 1 heterocycles. The van der Waals surface area contributed by atoms with Crippen molar-refractivity contribution < 1.29 is 9.84 Å². The third-order valence-corrected chi connectivity index (χ3v) is 3.28. The van der Waals surface area contributed by atoms with Gasteiger partial charge in [0, 0.05) is 18.3 Å². The van der Waals surface area contributed by atoms with Gasteiger partial charge in [-0.1, -0.05) is 12.1 Å². The Hall–Kier alpha value is -2.07. The first kappa shape index (κ1) is 14.3. The van der Waals surface area contributed by atoms with Crippen molar-refractivity contribution in [1.82, 2.24) is 10.3 Å². The summed E-state index contributed by atoms with van der Waals surface area (Å²) in [5.74, 6) is 1.07. The molecule has 4 heteroatoms. The molecule has 0 aliphatic rings. The zero-order valence-corrected chi connectivity index (χ0v) is 12.1. The van der Waals surface area contributed by atoms with E-state index in [1.54, 1.807) is 19.2 Å². The second kappa shape index (κ2) is 6.39. The molecular weight excluding hydrogens is 252 g/mol. The number of nitrogens with one attached hydrogen (secondary N) is 1. The van der Waals surface area contributed by atoms with Crippen LogP contribution in [0.4, 0.5) is 0 Å². The topological polar surface area (TPSA) is 54.4 Å².